The second-order valence-corrected chi connectivity index (χ2v) is 5.01. The standard InChI is InChI=1S/C17H27NO3/c1-3-17(19)9-10-18(11-12-21-14-13-20-2)15-16-7-5-4-6-8-16/h4-8H,3,9-15H2,1-2H3. The number of carbonyl (C=O) groups excluding carboxylic acids is 1. The molecule has 1 rings (SSSR count). The summed E-state index contributed by atoms with van der Waals surface area (Å²) in [7, 11) is 1.67. The third kappa shape index (κ3) is 8.60. The zero-order valence-electron chi connectivity index (χ0n) is 13.2. The highest BCUT2D eigenvalue weighted by molar-refractivity contribution is 5.78. The number of rotatable bonds is 12. The van der Waals surface area contributed by atoms with E-state index in [1.165, 1.54) is 5.56 Å². The number of benzene rings is 1. The SMILES string of the molecule is CCC(=O)CCN(CCOCCOC)Cc1ccccc1. The fraction of sp³-hybridized carbons (Fsp3) is 0.588. The number of nitrogens with zero attached hydrogens (tertiary/aromatic N) is 1. The Hall–Kier alpha value is -1.23. The van der Waals surface area contributed by atoms with E-state index in [-0.39, 0.29) is 0 Å². The predicted octanol–water partition coefficient (Wildman–Crippen LogP) is 2.52. The normalized spacial score (nSPS) is 11.0. The van der Waals surface area contributed by atoms with Crippen LogP contribution in [0.2, 0.25) is 0 Å². The second-order valence-electron chi connectivity index (χ2n) is 5.01. The Labute approximate surface area is 128 Å². The van der Waals surface area contributed by atoms with Crippen LogP contribution in [0.5, 0.6) is 0 Å². The number of methoxy groups -OCH3 is 1. The van der Waals surface area contributed by atoms with Gasteiger partial charge in [0, 0.05) is 39.6 Å². The highest BCUT2D eigenvalue weighted by atomic mass is 16.5. The minimum absolute atomic E-state index is 0.313. The molecule has 0 aliphatic rings. The van der Waals surface area contributed by atoms with E-state index in [0.29, 0.717) is 38.4 Å². The molecule has 0 spiro atoms. The van der Waals surface area contributed by atoms with Crippen LogP contribution in [0.25, 0.3) is 0 Å². The molecule has 0 radical (unpaired) electrons. The lowest BCUT2D eigenvalue weighted by molar-refractivity contribution is -0.119. The summed E-state index contributed by atoms with van der Waals surface area (Å²) in [5.74, 6) is 0.313. The lowest BCUT2D eigenvalue weighted by atomic mass is 10.2. The monoisotopic (exact) mass is 293 g/mol. The highest BCUT2D eigenvalue weighted by Crippen LogP contribution is 2.05. The van der Waals surface area contributed by atoms with Crippen LogP contribution < -0.4 is 0 Å². The summed E-state index contributed by atoms with van der Waals surface area (Å²) in [6.07, 6.45) is 1.23. The van der Waals surface area contributed by atoms with Crippen molar-refractivity contribution < 1.29 is 14.3 Å². The van der Waals surface area contributed by atoms with E-state index in [2.05, 4.69) is 17.0 Å². The van der Waals surface area contributed by atoms with Crippen LogP contribution in [0.1, 0.15) is 25.3 Å². The van der Waals surface area contributed by atoms with Gasteiger partial charge in [0.1, 0.15) is 5.78 Å². The molecular formula is C17H27NO3. The molecule has 0 aliphatic heterocycles. The van der Waals surface area contributed by atoms with Crippen LogP contribution in [0, 0.1) is 0 Å². The summed E-state index contributed by atoms with van der Waals surface area (Å²) in [4.78, 5) is 13.8. The molecule has 0 saturated carbocycles. The molecule has 0 N–H and O–H groups in total. The number of ketones is 1. The fourth-order valence-electron chi connectivity index (χ4n) is 2.01. The first-order valence-electron chi connectivity index (χ1n) is 7.61. The van der Waals surface area contributed by atoms with Crippen molar-refractivity contribution in [1.82, 2.24) is 4.90 Å². The quantitative estimate of drug-likeness (QED) is 0.555. The number of ether oxygens (including phenoxy) is 2. The number of Topliss-reactive ketones (excluding diaryl/α,β-unsaturated/α-hetero) is 1. The largest absolute Gasteiger partial charge is 0.382 e. The van der Waals surface area contributed by atoms with Gasteiger partial charge < -0.3 is 9.47 Å². The Morgan fingerprint density at radius 2 is 1.86 bits per heavy atom. The molecule has 4 nitrogen and oxygen atoms in total. The van der Waals surface area contributed by atoms with Crippen molar-refractivity contribution in [2.24, 2.45) is 0 Å². The minimum Gasteiger partial charge on any atom is -0.382 e. The second kappa shape index (κ2) is 11.4. The lowest BCUT2D eigenvalue weighted by Crippen LogP contribution is -2.30. The Balaban J connectivity index is 2.39. The summed E-state index contributed by atoms with van der Waals surface area (Å²) >= 11 is 0. The third-order valence-corrected chi connectivity index (χ3v) is 3.33. The Morgan fingerprint density at radius 3 is 2.52 bits per heavy atom. The van der Waals surface area contributed by atoms with Crippen molar-refractivity contribution >= 4 is 5.78 Å². The lowest BCUT2D eigenvalue weighted by Gasteiger charge is -2.22. The van der Waals surface area contributed by atoms with Gasteiger partial charge in [0.15, 0.2) is 0 Å². The van der Waals surface area contributed by atoms with Gasteiger partial charge in [-0.3, -0.25) is 9.69 Å². The smallest absolute Gasteiger partial charge is 0.133 e. The van der Waals surface area contributed by atoms with Crippen molar-refractivity contribution in [2.45, 2.75) is 26.3 Å². The van der Waals surface area contributed by atoms with Crippen LogP contribution in [0.3, 0.4) is 0 Å². The molecule has 0 fully saturated rings. The number of hydrogen-bond donors (Lipinski definition) is 0. The molecule has 0 aliphatic carbocycles. The third-order valence-electron chi connectivity index (χ3n) is 3.33. The van der Waals surface area contributed by atoms with Gasteiger partial charge in [0.2, 0.25) is 0 Å². The van der Waals surface area contributed by atoms with Gasteiger partial charge in [-0.1, -0.05) is 37.3 Å². The average Bonchev–Trinajstić information content (AvgIpc) is 2.52. The number of hydrogen-bond acceptors (Lipinski definition) is 4. The van der Waals surface area contributed by atoms with E-state index >= 15 is 0 Å². The van der Waals surface area contributed by atoms with Gasteiger partial charge in [-0.25, -0.2) is 0 Å². The molecular weight excluding hydrogens is 266 g/mol. The molecule has 0 heterocycles. The summed E-state index contributed by atoms with van der Waals surface area (Å²) in [5.41, 5.74) is 1.26. The van der Waals surface area contributed by atoms with Crippen LogP contribution in [0.4, 0.5) is 0 Å². The molecule has 4 heteroatoms. The van der Waals surface area contributed by atoms with Gasteiger partial charge >= 0.3 is 0 Å². The summed E-state index contributed by atoms with van der Waals surface area (Å²) in [6, 6.07) is 10.3. The van der Waals surface area contributed by atoms with Crippen molar-refractivity contribution in [2.75, 3.05) is 40.0 Å². The van der Waals surface area contributed by atoms with Crippen LogP contribution in [-0.4, -0.2) is 50.7 Å². The van der Waals surface area contributed by atoms with Crippen LogP contribution in [-0.2, 0) is 20.8 Å². The van der Waals surface area contributed by atoms with Gasteiger partial charge in [0.05, 0.1) is 19.8 Å². The maximum Gasteiger partial charge on any atom is 0.133 e. The first-order chi connectivity index (χ1) is 10.3. The first-order valence-corrected chi connectivity index (χ1v) is 7.61. The van der Waals surface area contributed by atoms with Crippen molar-refractivity contribution in [3.63, 3.8) is 0 Å². The Kier molecular flexibility index (Phi) is 9.70. The minimum atomic E-state index is 0.313. The highest BCUT2D eigenvalue weighted by Gasteiger charge is 2.08. The summed E-state index contributed by atoms with van der Waals surface area (Å²) < 4.78 is 10.5. The van der Waals surface area contributed by atoms with E-state index in [0.717, 1.165) is 19.6 Å². The fourth-order valence-corrected chi connectivity index (χ4v) is 2.01. The van der Waals surface area contributed by atoms with Gasteiger partial charge in [-0.2, -0.15) is 0 Å². The molecule has 0 bridgehead atoms. The van der Waals surface area contributed by atoms with E-state index < -0.39 is 0 Å². The van der Waals surface area contributed by atoms with E-state index in [9.17, 15) is 4.79 Å². The van der Waals surface area contributed by atoms with Gasteiger partial charge in [-0.05, 0) is 5.56 Å². The van der Waals surface area contributed by atoms with Crippen molar-refractivity contribution in [1.29, 1.82) is 0 Å². The van der Waals surface area contributed by atoms with Crippen molar-refractivity contribution in [3.8, 4) is 0 Å². The van der Waals surface area contributed by atoms with E-state index in [1.807, 2.05) is 25.1 Å². The zero-order chi connectivity index (χ0) is 15.3. The molecule has 118 valence electrons. The molecule has 0 unspecified atom stereocenters. The van der Waals surface area contributed by atoms with E-state index in [4.69, 9.17) is 9.47 Å². The zero-order valence-corrected chi connectivity index (χ0v) is 13.2. The summed E-state index contributed by atoms with van der Waals surface area (Å²) in [6.45, 7) is 6.28. The molecule has 1 aromatic carbocycles. The topological polar surface area (TPSA) is 38.8 Å². The Morgan fingerprint density at radius 1 is 1.10 bits per heavy atom. The number of carbonyl (C=O) groups is 1. The predicted molar refractivity (Wildman–Crippen MR) is 84.3 cm³/mol. The molecule has 0 aromatic heterocycles. The molecule has 0 saturated heterocycles. The average molecular weight is 293 g/mol. The van der Waals surface area contributed by atoms with Gasteiger partial charge in [-0.15, -0.1) is 0 Å². The van der Waals surface area contributed by atoms with Crippen molar-refractivity contribution in [3.05, 3.63) is 35.9 Å². The van der Waals surface area contributed by atoms with Crippen LogP contribution in [0.15, 0.2) is 30.3 Å². The molecule has 21 heavy (non-hydrogen) atoms. The molecule has 1 aromatic rings. The summed E-state index contributed by atoms with van der Waals surface area (Å²) in [5, 5.41) is 0. The maximum atomic E-state index is 11.5. The molecule has 0 atom stereocenters. The maximum absolute atomic E-state index is 11.5. The first kappa shape index (κ1) is 17.8. The molecule has 0 amide bonds. The Bertz CT molecular complexity index is 381. The van der Waals surface area contributed by atoms with E-state index in [1.54, 1.807) is 7.11 Å². The van der Waals surface area contributed by atoms with Gasteiger partial charge in [0.25, 0.3) is 0 Å². The van der Waals surface area contributed by atoms with Crippen LogP contribution >= 0.6 is 0 Å².